The third kappa shape index (κ3) is 5.11. The molecule has 53 heavy (non-hydrogen) atoms. The van der Waals surface area contributed by atoms with Crippen LogP contribution in [0.2, 0.25) is 0 Å². The first-order valence-electron chi connectivity index (χ1n) is 20.3. The summed E-state index contributed by atoms with van der Waals surface area (Å²) in [6.07, 6.45) is 18.3. The maximum absolute atomic E-state index is 14.9. The SMILES string of the molecule is CCCCCCCCCC(CCCCCCCCC)n1c(=O)c2c3ccc4ccc5c6c(=O)oc(=O)c6c6ccc7ccc(c2c1=O)c1c7c6c5c4c31. The van der Waals surface area contributed by atoms with Crippen molar-refractivity contribution in [3.05, 3.63) is 90.1 Å². The highest BCUT2D eigenvalue weighted by atomic mass is 16.4. The van der Waals surface area contributed by atoms with Crippen LogP contribution in [0.25, 0.3) is 86.2 Å². The smallest absolute Gasteiger partial charge is 0.347 e. The van der Waals surface area contributed by atoms with Gasteiger partial charge in [0.15, 0.2) is 0 Å². The van der Waals surface area contributed by atoms with Crippen LogP contribution < -0.4 is 22.4 Å². The van der Waals surface area contributed by atoms with E-state index >= 15 is 0 Å². The van der Waals surface area contributed by atoms with Gasteiger partial charge in [0, 0.05) is 6.04 Å². The van der Waals surface area contributed by atoms with Crippen molar-refractivity contribution in [3.8, 4) is 0 Å². The van der Waals surface area contributed by atoms with E-state index in [1.807, 2.05) is 48.5 Å². The first-order chi connectivity index (χ1) is 26.0. The summed E-state index contributed by atoms with van der Waals surface area (Å²) in [5.41, 5.74) is -1.61. The largest absolute Gasteiger partial charge is 0.386 e. The van der Waals surface area contributed by atoms with Crippen molar-refractivity contribution in [1.82, 2.24) is 4.57 Å². The number of rotatable bonds is 17. The predicted octanol–water partition coefficient (Wildman–Crippen LogP) is 11.8. The van der Waals surface area contributed by atoms with Crippen LogP contribution in [0.1, 0.15) is 123 Å². The summed E-state index contributed by atoms with van der Waals surface area (Å²) >= 11 is 0. The molecule has 0 aliphatic heterocycles. The van der Waals surface area contributed by atoms with E-state index in [2.05, 4.69) is 13.8 Å². The minimum absolute atomic E-state index is 0.138. The Morgan fingerprint density at radius 1 is 0.415 bits per heavy atom. The molecule has 9 aromatic rings. The predicted molar refractivity (Wildman–Crippen MR) is 222 cm³/mol. The van der Waals surface area contributed by atoms with Crippen LogP contribution in [0.3, 0.4) is 0 Å². The fourth-order valence-electron chi connectivity index (χ4n) is 10.0. The summed E-state index contributed by atoms with van der Waals surface area (Å²) in [5.74, 6) is 0. The highest BCUT2D eigenvalue weighted by molar-refractivity contribution is 6.50. The number of hydrogen-bond donors (Lipinski definition) is 0. The number of unbranched alkanes of at least 4 members (excludes halogenated alkanes) is 12. The van der Waals surface area contributed by atoms with Gasteiger partial charge in [-0.3, -0.25) is 14.2 Å². The molecule has 6 heteroatoms. The lowest BCUT2D eigenvalue weighted by Crippen LogP contribution is -2.30. The lowest BCUT2D eigenvalue weighted by atomic mass is 9.80. The van der Waals surface area contributed by atoms with Crippen molar-refractivity contribution in [2.24, 2.45) is 0 Å². The van der Waals surface area contributed by atoms with Crippen molar-refractivity contribution in [3.63, 3.8) is 0 Å². The first-order valence-corrected chi connectivity index (χ1v) is 20.3. The monoisotopic (exact) mass is 705 g/mol. The molecule has 0 radical (unpaired) electrons. The number of nitrogens with zero attached hydrogens (tertiary/aromatic N) is 1. The van der Waals surface area contributed by atoms with Gasteiger partial charge in [-0.25, -0.2) is 9.59 Å². The number of fused-ring (bicyclic) bond motifs is 6. The Bertz CT molecular complexity index is 2780. The molecule has 2 aromatic heterocycles. The molecule has 0 spiro atoms. The molecule has 0 bridgehead atoms. The average Bonchev–Trinajstić information content (AvgIpc) is 3.62. The van der Waals surface area contributed by atoms with Gasteiger partial charge >= 0.3 is 11.3 Å². The summed E-state index contributed by atoms with van der Waals surface area (Å²) in [5, 5.41) is 12.2. The van der Waals surface area contributed by atoms with E-state index in [4.69, 9.17) is 4.42 Å². The van der Waals surface area contributed by atoms with Crippen LogP contribution in [-0.2, 0) is 0 Å². The second-order valence-electron chi connectivity index (χ2n) is 15.8. The second kappa shape index (κ2) is 13.5. The zero-order valence-electron chi connectivity index (χ0n) is 31.0. The van der Waals surface area contributed by atoms with Gasteiger partial charge in [0.25, 0.3) is 11.1 Å². The van der Waals surface area contributed by atoms with E-state index in [-0.39, 0.29) is 17.2 Å². The molecule has 0 N–H and O–H groups in total. The number of furan rings is 1. The molecule has 0 atom stereocenters. The Balaban J connectivity index is 1.26. The Morgan fingerprint density at radius 2 is 0.755 bits per heavy atom. The van der Waals surface area contributed by atoms with E-state index in [0.29, 0.717) is 32.3 Å². The minimum atomic E-state index is -0.624. The summed E-state index contributed by atoms with van der Waals surface area (Å²) in [6, 6.07) is 15.8. The molecule has 0 saturated heterocycles. The average molecular weight is 706 g/mol. The molecule has 0 unspecified atom stereocenters. The van der Waals surface area contributed by atoms with E-state index < -0.39 is 11.3 Å². The van der Waals surface area contributed by atoms with Crippen molar-refractivity contribution in [1.29, 1.82) is 0 Å². The van der Waals surface area contributed by atoms with E-state index in [1.165, 1.54) is 64.2 Å². The molecule has 270 valence electrons. The van der Waals surface area contributed by atoms with Crippen molar-refractivity contribution < 1.29 is 4.42 Å². The number of aromatic nitrogens is 1. The highest BCUT2D eigenvalue weighted by Gasteiger charge is 2.30. The Morgan fingerprint density at radius 3 is 1.13 bits per heavy atom. The van der Waals surface area contributed by atoms with E-state index in [9.17, 15) is 19.2 Å². The van der Waals surface area contributed by atoms with Gasteiger partial charge < -0.3 is 4.42 Å². The number of benzene rings is 7. The molecule has 6 nitrogen and oxygen atoms in total. The quantitative estimate of drug-likeness (QED) is 0.0535. The molecular weight excluding hydrogens is 659 g/mol. The maximum atomic E-state index is 14.9. The molecule has 0 saturated carbocycles. The lowest BCUT2D eigenvalue weighted by molar-refractivity contribution is 0.383. The minimum Gasteiger partial charge on any atom is -0.386 e. The van der Waals surface area contributed by atoms with Gasteiger partial charge in [-0.1, -0.05) is 152 Å². The Hall–Kier alpha value is -4.84. The van der Waals surface area contributed by atoms with Gasteiger partial charge in [0.1, 0.15) is 0 Å². The third-order valence-electron chi connectivity index (χ3n) is 12.6. The van der Waals surface area contributed by atoms with Gasteiger partial charge in [0.05, 0.1) is 21.5 Å². The van der Waals surface area contributed by atoms with Crippen LogP contribution in [-0.4, -0.2) is 4.57 Å². The van der Waals surface area contributed by atoms with Crippen molar-refractivity contribution >= 4 is 86.2 Å². The fraction of sp³-hybridized carbons (Fsp3) is 0.404. The summed E-state index contributed by atoms with van der Waals surface area (Å²) < 4.78 is 6.84. The topological polar surface area (TPSA) is 86.3 Å². The van der Waals surface area contributed by atoms with Crippen LogP contribution in [0.5, 0.6) is 0 Å². The van der Waals surface area contributed by atoms with Gasteiger partial charge in [-0.15, -0.1) is 0 Å². The maximum Gasteiger partial charge on any atom is 0.347 e. The second-order valence-corrected chi connectivity index (χ2v) is 15.8. The van der Waals surface area contributed by atoms with E-state index in [1.54, 1.807) is 4.57 Å². The lowest BCUT2D eigenvalue weighted by Gasteiger charge is -2.21. The summed E-state index contributed by atoms with van der Waals surface area (Å²) in [6.45, 7) is 4.48. The van der Waals surface area contributed by atoms with Crippen molar-refractivity contribution in [2.75, 3.05) is 0 Å². The molecule has 9 rings (SSSR count). The van der Waals surface area contributed by atoms with Crippen LogP contribution in [0, 0.1) is 0 Å². The summed E-state index contributed by atoms with van der Waals surface area (Å²) in [4.78, 5) is 56.1. The third-order valence-corrected chi connectivity index (χ3v) is 12.6. The standard InChI is InChI=1S/C47H47NO5/c1-3-5-7-9-11-13-15-17-29(18-16-14-12-10-8-6-4-2)48-44(49)40-30-23-19-27-21-25-32-38-34(27)36(30)37-31(41(40)45(48)50)24-20-28-22-26-33(39(38)35(28)37)43-42(32)46(51)53-47(43)52/h19-26,29H,3-18H2,1-2H3. The molecule has 0 aliphatic rings. The van der Waals surface area contributed by atoms with Crippen LogP contribution >= 0.6 is 0 Å². The highest BCUT2D eigenvalue weighted by Crippen LogP contribution is 2.51. The van der Waals surface area contributed by atoms with E-state index in [0.717, 1.165) is 92.4 Å². The molecule has 0 amide bonds. The Kier molecular flexibility index (Phi) is 8.67. The molecule has 7 aromatic carbocycles. The van der Waals surface area contributed by atoms with Gasteiger partial charge in [-0.2, -0.15) is 0 Å². The fourth-order valence-corrected chi connectivity index (χ4v) is 10.0. The van der Waals surface area contributed by atoms with Crippen molar-refractivity contribution in [2.45, 2.75) is 123 Å². The molecule has 0 fully saturated rings. The normalized spacial score (nSPS) is 12.9. The zero-order valence-corrected chi connectivity index (χ0v) is 31.0. The Labute approximate surface area is 307 Å². The van der Waals surface area contributed by atoms with Gasteiger partial charge in [0.2, 0.25) is 0 Å². The molecular formula is C47H47NO5. The van der Waals surface area contributed by atoms with Crippen LogP contribution in [0.15, 0.2) is 72.1 Å². The van der Waals surface area contributed by atoms with Gasteiger partial charge in [-0.05, 0) is 77.5 Å². The van der Waals surface area contributed by atoms with Crippen LogP contribution in [0.4, 0.5) is 0 Å². The zero-order chi connectivity index (χ0) is 36.4. The summed E-state index contributed by atoms with van der Waals surface area (Å²) in [7, 11) is 0. The molecule has 0 aliphatic carbocycles. The molecule has 2 heterocycles. The number of hydrogen-bond acceptors (Lipinski definition) is 5. The first kappa shape index (κ1) is 34.0.